The predicted molar refractivity (Wildman–Crippen MR) is 127 cm³/mol. The first kappa shape index (κ1) is 20.0. The molecule has 0 aliphatic carbocycles. The monoisotopic (exact) mass is 461 g/mol. The number of hydrogen-bond donors (Lipinski definition) is 0. The molecule has 4 nitrogen and oxygen atoms in total. The summed E-state index contributed by atoms with van der Waals surface area (Å²) in [6.45, 7) is 2.07. The van der Waals surface area contributed by atoms with Crippen LogP contribution in [0.25, 0.3) is 32.7 Å². The lowest BCUT2D eigenvalue weighted by atomic mass is 10.2. The lowest BCUT2D eigenvalue weighted by molar-refractivity contribution is 0.485. The van der Waals surface area contributed by atoms with E-state index in [2.05, 4.69) is 41.4 Å². The average molecular weight is 462 g/mol. The van der Waals surface area contributed by atoms with Gasteiger partial charge in [0.2, 0.25) is 5.89 Å². The SMILES string of the molecule is Cc1ccc(-c2nnc(-c3nc(-c4ccccc4)oc3Sc3ccc(Cl)cc3)s2)cc1. The van der Waals surface area contributed by atoms with Crippen molar-refractivity contribution >= 4 is 34.7 Å². The van der Waals surface area contributed by atoms with Gasteiger partial charge < -0.3 is 4.42 Å². The third-order valence-corrected chi connectivity index (χ3v) is 6.77. The molecule has 0 saturated heterocycles. The summed E-state index contributed by atoms with van der Waals surface area (Å²) in [4.78, 5) is 5.78. The zero-order valence-corrected chi connectivity index (χ0v) is 18.8. The molecule has 0 fully saturated rings. The molecule has 2 heterocycles. The van der Waals surface area contributed by atoms with Gasteiger partial charge >= 0.3 is 0 Å². The van der Waals surface area contributed by atoms with Gasteiger partial charge in [0.1, 0.15) is 5.01 Å². The molecular weight excluding hydrogens is 446 g/mol. The van der Waals surface area contributed by atoms with Gasteiger partial charge in [-0.1, -0.05) is 71.0 Å². The quantitative estimate of drug-likeness (QED) is 0.269. The summed E-state index contributed by atoms with van der Waals surface area (Å²) in [7, 11) is 0. The van der Waals surface area contributed by atoms with Crippen molar-refractivity contribution in [3.8, 4) is 32.7 Å². The lowest BCUT2D eigenvalue weighted by Crippen LogP contribution is -1.81. The zero-order chi connectivity index (χ0) is 21.2. The Morgan fingerprint density at radius 1 is 0.806 bits per heavy atom. The van der Waals surface area contributed by atoms with E-state index in [1.165, 1.54) is 28.7 Å². The summed E-state index contributed by atoms with van der Waals surface area (Å²) in [5.74, 6) is 0.555. The van der Waals surface area contributed by atoms with Crippen LogP contribution in [0.2, 0.25) is 5.02 Å². The largest absolute Gasteiger partial charge is 0.429 e. The molecule has 0 atom stereocenters. The fraction of sp³-hybridized carbons (Fsp3) is 0.0417. The maximum Gasteiger partial charge on any atom is 0.228 e. The second kappa shape index (κ2) is 8.67. The van der Waals surface area contributed by atoms with E-state index in [1.54, 1.807) is 0 Å². The van der Waals surface area contributed by atoms with Gasteiger partial charge in [-0.15, -0.1) is 10.2 Å². The Labute approximate surface area is 193 Å². The van der Waals surface area contributed by atoms with Crippen LogP contribution in [0.15, 0.2) is 93.3 Å². The highest BCUT2D eigenvalue weighted by atomic mass is 35.5. The van der Waals surface area contributed by atoms with E-state index in [0.717, 1.165) is 26.0 Å². The van der Waals surface area contributed by atoms with Gasteiger partial charge in [0.25, 0.3) is 0 Å². The van der Waals surface area contributed by atoms with Gasteiger partial charge in [-0.25, -0.2) is 4.98 Å². The molecule has 0 amide bonds. The number of rotatable bonds is 5. The van der Waals surface area contributed by atoms with Crippen LogP contribution >= 0.6 is 34.7 Å². The van der Waals surface area contributed by atoms with Crippen molar-refractivity contribution < 1.29 is 4.42 Å². The summed E-state index contributed by atoms with van der Waals surface area (Å²) < 4.78 is 6.18. The van der Waals surface area contributed by atoms with E-state index in [1.807, 2.05) is 54.6 Å². The van der Waals surface area contributed by atoms with E-state index in [0.29, 0.717) is 21.7 Å². The molecule has 0 unspecified atom stereocenters. The van der Waals surface area contributed by atoms with Crippen LogP contribution < -0.4 is 0 Å². The van der Waals surface area contributed by atoms with Crippen molar-refractivity contribution in [2.24, 2.45) is 0 Å². The highest BCUT2D eigenvalue weighted by molar-refractivity contribution is 7.99. The summed E-state index contributed by atoms with van der Waals surface area (Å²) in [5, 5.41) is 11.8. The molecule has 0 radical (unpaired) electrons. The fourth-order valence-electron chi connectivity index (χ4n) is 2.96. The van der Waals surface area contributed by atoms with E-state index >= 15 is 0 Å². The van der Waals surface area contributed by atoms with Crippen LogP contribution in [0.1, 0.15) is 5.56 Å². The molecule has 0 aliphatic rings. The fourth-order valence-corrected chi connectivity index (χ4v) is 4.83. The van der Waals surface area contributed by atoms with E-state index in [-0.39, 0.29) is 0 Å². The minimum Gasteiger partial charge on any atom is -0.429 e. The molecule has 152 valence electrons. The Kier molecular flexibility index (Phi) is 5.59. The van der Waals surface area contributed by atoms with Crippen LogP contribution in [0.4, 0.5) is 0 Å². The predicted octanol–water partition coefficient (Wildman–Crippen LogP) is 7.64. The van der Waals surface area contributed by atoms with E-state index < -0.39 is 0 Å². The normalized spacial score (nSPS) is 11.0. The third-order valence-electron chi connectivity index (χ3n) is 4.57. The molecule has 3 aromatic carbocycles. The van der Waals surface area contributed by atoms with Crippen molar-refractivity contribution in [2.45, 2.75) is 16.9 Å². The van der Waals surface area contributed by atoms with Gasteiger partial charge in [0.15, 0.2) is 15.8 Å². The van der Waals surface area contributed by atoms with Crippen molar-refractivity contribution in [1.82, 2.24) is 15.2 Å². The van der Waals surface area contributed by atoms with Crippen molar-refractivity contribution in [3.63, 3.8) is 0 Å². The summed E-state index contributed by atoms with van der Waals surface area (Å²) in [6.07, 6.45) is 0. The molecule has 0 saturated carbocycles. The van der Waals surface area contributed by atoms with Gasteiger partial charge in [-0.3, -0.25) is 0 Å². The first-order valence-corrected chi connectivity index (χ1v) is 11.6. The Balaban J connectivity index is 1.55. The lowest BCUT2D eigenvalue weighted by Gasteiger charge is -1.99. The molecular formula is C24H16ClN3OS2. The summed E-state index contributed by atoms with van der Waals surface area (Å²) in [6, 6.07) is 25.7. The second-order valence-corrected chi connectivity index (χ2v) is 9.32. The smallest absolute Gasteiger partial charge is 0.228 e. The average Bonchev–Trinajstić information content (AvgIpc) is 3.44. The molecule has 0 aliphatic heterocycles. The first-order chi connectivity index (χ1) is 15.2. The molecule has 2 aromatic heterocycles. The van der Waals surface area contributed by atoms with Crippen LogP contribution in [0.5, 0.6) is 0 Å². The van der Waals surface area contributed by atoms with E-state index in [9.17, 15) is 0 Å². The Morgan fingerprint density at radius 2 is 1.52 bits per heavy atom. The van der Waals surface area contributed by atoms with Gasteiger partial charge in [0.05, 0.1) is 0 Å². The number of aryl methyl sites for hydroxylation is 1. The minimum atomic E-state index is 0.555. The molecule has 31 heavy (non-hydrogen) atoms. The number of oxazole rings is 1. The molecule has 0 N–H and O–H groups in total. The zero-order valence-electron chi connectivity index (χ0n) is 16.4. The number of nitrogens with zero attached hydrogens (tertiary/aromatic N) is 3. The van der Waals surface area contributed by atoms with Crippen molar-refractivity contribution in [2.75, 3.05) is 0 Å². The topological polar surface area (TPSA) is 51.8 Å². The molecule has 5 aromatic rings. The van der Waals surface area contributed by atoms with Crippen LogP contribution in [-0.4, -0.2) is 15.2 Å². The highest BCUT2D eigenvalue weighted by Gasteiger charge is 2.21. The third kappa shape index (κ3) is 4.42. The van der Waals surface area contributed by atoms with Crippen molar-refractivity contribution in [1.29, 1.82) is 0 Å². The maximum atomic E-state index is 6.18. The van der Waals surface area contributed by atoms with Gasteiger partial charge in [-0.05, 0) is 55.1 Å². The molecule has 7 heteroatoms. The molecule has 5 rings (SSSR count). The molecule has 0 spiro atoms. The second-order valence-electron chi connectivity index (χ2n) is 6.86. The highest BCUT2D eigenvalue weighted by Crippen LogP contribution is 2.41. The summed E-state index contributed by atoms with van der Waals surface area (Å²) >= 11 is 9.03. The number of hydrogen-bond acceptors (Lipinski definition) is 6. The maximum absolute atomic E-state index is 6.18. The van der Waals surface area contributed by atoms with E-state index in [4.69, 9.17) is 21.0 Å². The van der Waals surface area contributed by atoms with Crippen LogP contribution in [0.3, 0.4) is 0 Å². The van der Waals surface area contributed by atoms with Crippen LogP contribution in [-0.2, 0) is 0 Å². The number of benzene rings is 3. The Hall–Kier alpha value is -2.93. The summed E-state index contributed by atoms with van der Waals surface area (Å²) in [5.41, 5.74) is 3.84. The van der Waals surface area contributed by atoms with Gasteiger partial charge in [0, 0.05) is 21.0 Å². The van der Waals surface area contributed by atoms with Crippen molar-refractivity contribution in [3.05, 3.63) is 89.4 Å². The van der Waals surface area contributed by atoms with Crippen LogP contribution in [0, 0.1) is 6.92 Å². The minimum absolute atomic E-state index is 0.555. The Bertz CT molecular complexity index is 1310. The Morgan fingerprint density at radius 3 is 2.26 bits per heavy atom. The first-order valence-electron chi connectivity index (χ1n) is 9.56. The number of halogens is 1. The standard InChI is InChI=1S/C24H16ClN3OS2/c1-15-7-9-17(10-8-15)22-27-28-23(31-22)20-24(30-19-13-11-18(25)12-14-19)29-21(26-20)16-5-3-2-4-6-16/h2-14H,1H3. The molecule has 0 bridgehead atoms. The number of aromatic nitrogens is 3. The van der Waals surface area contributed by atoms with Gasteiger partial charge in [-0.2, -0.15) is 0 Å².